The van der Waals surface area contributed by atoms with Crippen LogP contribution in [0.25, 0.3) is 0 Å². The van der Waals surface area contributed by atoms with Crippen molar-refractivity contribution in [3.8, 4) is 6.07 Å². The number of hydrogen-bond donors (Lipinski definition) is 0. The van der Waals surface area contributed by atoms with E-state index in [1.807, 2.05) is 0 Å². The molecule has 6 nitrogen and oxygen atoms in total. The molecule has 0 fully saturated rings. The van der Waals surface area contributed by atoms with Gasteiger partial charge in [-0.3, -0.25) is 4.79 Å². The van der Waals surface area contributed by atoms with E-state index in [1.165, 1.54) is 6.07 Å². The van der Waals surface area contributed by atoms with Crippen molar-refractivity contribution < 1.29 is 18.5 Å². The number of nitriles is 1. The van der Waals surface area contributed by atoms with Crippen molar-refractivity contribution in [2.75, 3.05) is 0 Å². The summed E-state index contributed by atoms with van der Waals surface area (Å²) in [5.74, 6) is -0.982. The molecular weight excluding hydrogens is 224 g/mol. The number of aromatic nitrogens is 1. The minimum absolute atomic E-state index is 0.0845. The first-order chi connectivity index (χ1) is 7.51. The van der Waals surface area contributed by atoms with Crippen LogP contribution in [0, 0.1) is 21.4 Å². The number of aldehydes is 1. The fraction of sp³-hybridized carbons (Fsp3) is 0.125. The number of hydrogen-bond acceptors (Lipinski definition) is 5. The summed E-state index contributed by atoms with van der Waals surface area (Å²) in [7, 11) is 0. The molecule has 0 N–H and O–H groups in total. The van der Waals surface area contributed by atoms with Gasteiger partial charge in [0.15, 0.2) is 6.29 Å². The van der Waals surface area contributed by atoms with E-state index in [2.05, 4.69) is 4.98 Å². The van der Waals surface area contributed by atoms with Crippen molar-refractivity contribution in [3.05, 3.63) is 33.0 Å². The Balaban J connectivity index is 3.54. The predicted octanol–water partition coefficient (Wildman–Crippen LogP) is 1.61. The second kappa shape index (κ2) is 4.39. The fourth-order valence-corrected chi connectivity index (χ4v) is 1.02. The Kier molecular flexibility index (Phi) is 3.20. The number of rotatable bonds is 3. The summed E-state index contributed by atoms with van der Waals surface area (Å²) in [5, 5.41) is 18.9. The molecule has 0 bridgehead atoms. The van der Waals surface area contributed by atoms with Crippen LogP contribution in [0.5, 0.6) is 0 Å². The van der Waals surface area contributed by atoms with Crippen LogP contribution in [0.4, 0.5) is 14.6 Å². The molecule has 1 aromatic heterocycles. The molecule has 1 rings (SSSR count). The first kappa shape index (κ1) is 11.6. The Morgan fingerprint density at radius 3 is 2.62 bits per heavy atom. The Labute approximate surface area is 87.3 Å². The topological polar surface area (TPSA) is 96.9 Å². The van der Waals surface area contributed by atoms with Crippen LogP contribution in [-0.2, 0) is 0 Å². The Morgan fingerprint density at radius 2 is 2.25 bits per heavy atom. The molecule has 0 unspecified atom stereocenters. The zero-order valence-electron chi connectivity index (χ0n) is 7.55. The zero-order chi connectivity index (χ0) is 12.3. The Hall–Kier alpha value is -2.43. The van der Waals surface area contributed by atoms with Crippen molar-refractivity contribution in [2.24, 2.45) is 0 Å². The molecule has 0 saturated carbocycles. The molecule has 0 spiro atoms. The number of nitro groups is 1. The average molecular weight is 227 g/mol. The number of carbonyl (C=O) groups is 1. The van der Waals surface area contributed by atoms with Gasteiger partial charge in [-0.2, -0.15) is 5.26 Å². The van der Waals surface area contributed by atoms with E-state index < -0.39 is 34.0 Å². The van der Waals surface area contributed by atoms with Crippen LogP contribution < -0.4 is 0 Å². The lowest BCUT2D eigenvalue weighted by atomic mass is 10.1. The summed E-state index contributed by atoms with van der Waals surface area (Å²) in [6, 6.07) is 2.12. The van der Waals surface area contributed by atoms with Gasteiger partial charge in [0.1, 0.15) is 17.2 Å². The van der Waals surface area contributed by atoms with E-state index in [0.29, 0.717) is 0 Å². The van der Waals surface area contributed by atoms with Gasteiger partial charge in [0.25, 0.3) is 0 Å². The Bertz CT molecular complexity index is 496. The van der Waals surface area contributed by atoms with Gasteiger partial charge < -0.3 is 10.1 Å². The molecule has 82 valence electrons. The molecule has 16 heavy (non-hydrogen) atoms. The van der Waals surface area contributed by atoms with Crippen molar-refractivity contribution in [2.45, 2.75) is 6.43 Å². The van der Waals surface area contributed by atoms with Gasteiger partial charge in [-0.15, -0.1) is 0 Å². The summed E-state index contributed by atoms with van der Waals surface area (Å²) >= 11 is 0. The molecule has 1 heterocycles. The second-order valence-corrected chi connectivity index (χ2v) is 2.62. The van der Waals surface area contributed by atoms with Gasteiger partial charge in [-0.05, 0) is 16.0 Å². The van der Waals surface area contributed by atoms with E-state index in [-0.39, 0.29) is 6.29 Å². The third-order valence-corrected chi connectivity index (χ3v) is 1.69. The average Bonchev–Trinajstić information content (AvgIpc) is 2.26. The maximum absolute atomic E-state index is 12.4. The van der Waals surface area contributed by atoms with Crippen molar-refractivity contribution >= 4 is 12.1 Å². The molecular formula is C8H3F2N3O3. The highest BCUT2D eigenvalue weighted by atomic mass is 19.3. The summed E-state index contributed by atoms with van der Waals surface area (Å²) in [6.07, 6.45) is -3.03. The van der Waals surface area contributed by atoms with Gasteiger partial charge in [0.05, 0.1) is 0 Å². The van der Waals surface area contributed by atoms with Crippen LogP contribution in [0.2, 0.25) is 0 Å². The third kappa shape index (κ3) is 1.98. The van der Waals surface area contributed by atoms with Gasteiger partial charge >= 0.3 is 12.2 Å². The van der Waals surface area contributed by atoms with Gasteiger partial charge in [0, 0.05) is 0 Å². The number of pyridine rings is 1. The normalized spacial score (nSPS) is 9.88. The van der Waals surface area contributed by atoms with Crippen LogP contribution in [0.15, 0.2) is 6.07 Å². The van der Waals surface area contributed by atoms with Gasteiger partial charge in [0.2, 0.25) is 5.69 Å². The monoisotopic (exact) mass is 227 g/mol. The molecule has 0 amide bonds. The van der Waals surface area contributed by atoms with E-state index in [1.54, 1.807) is 0 Å². The lowest BCUT2D eigenvalue weighted by molar-refractivity contribution is -0.389. The second-order valence-electron chi connectivity index (χ2n) is 2.62. The number of alkyl halides is 2. The van der Waals surface area contributed by atoms with Crippen LogP contribution in [0.3, 0.4) is 0 Å². The molecule has 0 aliphatic heterocycles. The van der Waals surface area contributed by atoms with Crippen LogP contribution in [0.1, 0.15) is 28.0 Å². The summed E-state index contributed by atoms with van der Waals surface area (Å²) in [5.41, 5.74) is -2.06. The molecule has 8 heteroatoms. The van der Waals surface area contributed by atoms with Crippen molar-refractivity contribution in [3.63, 3.8) is 0 Å². The summed E-state index contributed by atoms with van der Waals surface area (Å²) < 4.78 is 24.7. The molecule has 0 saturated heterocycles. The predicted molar refractivity (Wildman–Crippen MR) is 46.0 cm³/mol. The van der Waals surface area contributed by atoms with Crippen molar-refractivity contribution in [1.82, 2.24) is 4.98 Å². The Morgan fingerprint density at radius 1 is 1.62 bits per heavy atom. The van der Waals surface area contributed by atoms with Gasteiger partial charge in [-0.1, -0.05) is 0 Å². The minimum atomic E-state index is -3.12. The van der Waals surface area contributed by atoms with Crippen LogP contribution in [-0.4, -0.2) is 16.2 Å². The van der Waals surface area contributed by atoms with E-state index in [4.69, 9.17) is 5.26 Å². The van der Waals surface area contributed by atoms with E-state index in [0.717, 1.165) is 6.07 Å². The molecule has 0 radical (unpaired) electrons. The number of nitrogens with zero attached hydrogens (tertiary/aromatic N) is 3. The number of carbonyl (C=O) groups excluding carboxylic acids is 1. The maximum Gasteiger partial charge on any atom is 0.374 e. The first-order valence-corrected chi connectivity index (χ1v) is 3.84. The quantitative estimate of drug-likeness (QED) is 0.443. The summed E-state index contributed by atoms with van der Waals surface area (Å²) in [6.45, 7) is 0. The fourth-order valence-electron chi connectivity index (χ4n) is 1.02. The maximum atomic E-state index is 12.4. The summed E-state index contributed by atoms with van der Waals surface area (Å²) in [4.78, 5) is 22.8. The molecule has 0 aliphatic rings. The zero-order valence-corrected chi connectivity index (χ0v) is 7.55. The molecule has 0 aromatic carbocycles. The largest absolute Gasteiger partial charge is 0.374 e. The molecule has 0 aliphatic carbocycles. The molecule has 0 atom stereocenters. The number of halogens is 2. The van der Waals surface area contributed by atoms with Crippen molar-refractivity contribution in [1.29, 1.82) is 5.26 Å². The first-order valence-electron chi connectivity index (χ1n) is 3.84. The standard InChI is InChI=1S/C8H3F2N3O3/c9-7(10)6-4(2-11)1-5(3-14)8(12-6)13(15)16/h1,3,7H. The smallest absolute Gasteiger partial charge is 0.358 e. The highest BCUT2D eigenvalue weighted by Gasteiger charge is 2.27. The van der Waals surface area contributed by atoms with Gasteiger partial charge in [-0.25, -0.2) is 8.78 Å². The van der Waals surface area contributed by atoms with Crippen LogP contribution >= 0.6 is 0 Å². The minimum Gasteiger partial charge on any atom is -0.358 e. The van der Waals surface area contributed by atoms with E-state index >= 15 is 0 Å². The lowest BCUT2D eigenvalue weighted by Gasteiger charge is -2.00. The lowest BCUT2D eigenvalue weighted by Crippen LogP contribution is -2.04. The third-order valence-electron chi connectivity index (χ3n) is 1.69. The molecule has 1 aromatic rings. The highest BCUT2D eigenvalue weighted by Crippen LogP contribution is 2.25. The van der Waals surface area contributed by atoms with E-state index in [9.17, 15) is 23.7 Å². The highest BCUT2D eigenvalue weighted by molar-refractivity contribution is 5.80. The SMILES string of the molecule is N#Cc1cc(C=O)c([N+](=O)[O-])nc1C(F)F.